The van der Waals surface area contributed by atoms with Crippen LogP contribution in [0, 0.1) is 0 Å². The van der Waals surface area contributed by atoms with E-state index in [1.807, 2.05) is 0 Å². The average Bonchev–Trinajstić information content (AvgIpc) is 2.58. The Morgan fingerprint density at radius 2 is 1.65 bits per heavy atom. The highest BCUT2D eigenvalue weighted by Crippen LogP contribution is 2.13. The van der Waals surface area contributed by atoms with E-state index in [0.717, 1.165) is 25.7 Å². The summed E-state index contributed by atoms with van der Waals surface area (Å²) in [6.45, 7) is 1.88. The summed E-state index contributed by atoms with van der Waals surface area (Å²) in [5.74, 6) is 0.329. The molecule has 0 aromatic heterocycles. The van der Waals surface area contributed by atoms with Gasteiger partial charge in [-0.15, -0.1) is 0 Å². The molecule has 1 aromatic rings. The van der Waals surface area contributed by atoms with Gasteiger partial charge in [-0.3, -0.25) is 4.79 Å². The van der Waals surface area contributed by atoms with Crippen LogP contribution in [0.5, 0.6) is 5.75 Å². The molecule has 1 aromatic carbocycles. The number of rotatable bonds is 13. The van der Waals surface area contributed by atoms with Crippen molar-refractivity contribution in [2.45, 2.75) is 32.1 Å². The number of esters is 1. The molecule has 128 valence electrons. The van der Waals surface area contributed by atoms with Crippen molar-refractivity contribution in [1.29, 1.82) is 0 Å². The van der Waals surface area contributed by atoms with Crippen molar-refractivity contribution < 1.29 is 28.9 Å². The third-order valence-corrected chi connectivity index (χ3v) is 3.12. The van der Waals surface area contributed by atoms with Gasteiger partial charge >= 0.3 is 5.97 Å². The first-order valence-corrected chi connectivity index (χ1v) is 7.84. The molecule has 0 bridgehead atoms. The lowest BCUT2D eigenvalue weighted by Crippen LogP contribution is -2.07. The van der Waals surface area contributed by atoms with Crippen LogP contribution in [0.15, 0.2) is 24.3 Å². The highest BCUT2D eigenvalue weighted by atomic mass is 16.5. The van der Waals surface area contributed by atoms with Crippen molar-refractivity contribution in [2.24, 2.45) is 0 Å². The minimum atomic E-state index is -0.360. The van der Waals surface area contributed by atoms with Crippen LogP contribution in [0.2, 0.25) is 0 Å². The fourth-order valence-electron chi connectivity index (χ4n) is 1.85. The zero-order valence-corrected chi connectivity index (χ0v) is 13.2. The van der Waals surface area contributed by atoms with Gasteiger partial charge in [0, 0.05) is 6.61 Å². The molecule has 23 heavy (non-hydrogen) atoms. The Balaban J connectivity index is 2.19. The predicted molar refractivity (Wildman–Crippen MR) is 84.4 cm³/mol. The summed E-state index contributed by atoms with van der Waals surface area (Å²) in [5, 5.41) is 8.68. The van der Waals surface area contributed by atoms with Gasteiger partial charge in [0.1, 0.15) is 5.75 Å². The number of hydrogen-bond acceptors (Lipinski definition) is 6. The van der Waals surface area contributed by atoms with Crippen molar-refractivity contribution in [3.8, 4) is 5.75 Å². The fraction of sp³-hybridized carbons (Fsp3) is 0.529. The molecular weight excluding hydrogens is 300 g/mol. The van der Waals surface area contributed by atoms with E-state index in [1.165, 1.54) is 0 Å². The van der Waals surface area contributed by atoms with Crippen LogP contribution in [0.4, 0.5) is 0 Å². The number of benzene rings is 1. The van der Waals surface area contributed by atoms with Crippen molar-refractivity contribution >= 4 is 12.4 Å². The first-order valence-electron chi connectivity index (χ1n) is 7.84. The predicted octanol–water partition coefficient (Wildman–Crippen LogP) is 2.34. The summed E-state index contributed by atoms with van der Waals surface area (Å²) in [4.78, 5) is 21.8. The first kappa shape index (κ1) is 19.0. The average molecular weight is 324 g/mol. The third-order valence-electron chi connectivity index (χ3n) is 3.12. The van der Waals surface area contributed by atoms with Crippen molar-refractivity contribution in [3.63, 3.8) is 0 Å². The second kappa shape index (κ2) is 12.5. The summed E-state index contributed by atoms with van der Waals surface area (Å²) >= 11 is 0. The summed E-state index contributed by atoms with van der Waals surface area (Å²) in [6, 6.07) is 6.79. The molecule has 6 nitrogen and oxygen atoms in total. The normalized spacial score (nSPS) is 10.1. The molecule has 0 unspecified atom stereocenters. The number of carbonyl (C=O) groups is 2. The quantitative estimate of drug-likeness (QED) is 0.341. The van der Waals surface area contributed by atoms with Gasteiger partial charge in [0.2, 0.25) is 0 Å². The maximum Gasteiger partial charge on any atom is 0.338 e. The molecule has 0 spiro atoms. The van der Waals surface area contributed by atoms with Gasteiger partial charge in [-0.2, -0.15) is 0 Å². The highest BCUT2D eigenvalue weighted by Gasteiger charge is 2.07. The summed E-state index contributed by atoms with van der Waals surface area (Å²) in [5.41, 5.74) is 0.483. The lowest BCUT2D eigenvalue weighted by Gasteiger charge is -2.07. The highest BCUT2D eigenvalue weighted by molar-refractivity contribution is 5.89. The molecule has 6 heteroatoms. The fourth-order valence-corrected chi connectivity index (χ4v) is 1.85. The standard InChI is InChI=1S/C17H24O6/c18-10-2-5-12-22-16-8-6-15(7-9-16)17(20)23-13-4-1-3-11-21-14-19/h6-9,14,18H,1-5,10-13H2. The second-order valence-corrected chi connectivity index (χ2v) is 4.97. The van der Waals surface area contributed by atoms with Crippen LogP contribution >= 0.6 is 0 Å². The Hall–Kier alpha value is -2.08. The third kappa shape index (κ3) is 8.83. The smallest absolute Gasteiger partial charge is 0.338 e. The first-order chi connectivity index (χ1) is 11.3. The van der Waals surface area contributed by atoms with E-state index in [2.05, 4.69) is 4.74 Å². The van der Waals surface area contributed by atoms with Gasteiger partial charge in [0.15, 0.2) is 0 Å². The second-order valence-electron chi connectivity index (χ2n) is 4.97. The molecular formula is C17H24O6. The molecule has 0 heterocycles. The van der Waals surface area contributed by atoms with Gasteiger partial charge in [-0.05, 0) is 56.4 Å². The molecule has 0 saturated heterocycles. The Labute approximate surface area is 136 Å². The van der Waals surface area contributed by atoms with Crippen LogP contribution in [0.1, 0.15) is 42.5 Å². The summed E-state index contributed by atoms with van der Waals surface area (Å²) < 4.78 is 15.2. The minimum absolute atomic E-state index is 0.165. The van der Waals surface area contributed by atoms with E-state index in [-0.39, 0.29) is 12.6 Å². The Morgan fingerprint density at radius 1 is 0.957 bits per heavy atom. The van der Waals surface area contributed by atoms with Crippen LogP contribution in [0.25, 0.3) is 0 Å². The number of carbonyl (C=O) groups excluding carboxylic acids is 2. The Bertz CT molecular complexity index is 443. The van der Waals surface area contributed by atoms with Crippen LogP contribution in [-0.2, 0) is 14.3 Å². The maximum atomic E-state index is 11.8. The van der Waals surface area contributed by atoms with Gasteiger partial charge in [-0.1, -0.05) is 0 Å². The van der Waals surface area contributed by atoms with Gasteiger partial charge in [0.05, 0.1) is 25.4 Å². The van der Waals surface area contributed by atoms with E-state index in [0.29, 0.717) is 44.0 Å². The largest absolute Gasteiger partial charge is 0.494 e. The van der Waals surface area contributed by atoms with Gasteiger partial charge in [-0.25, -0.2) is 4.79 Å². The van der Waals surface area contributed by atoms with E-state index in [1.54, 1.807) is 24.3 Å². The Morgan fingerprint density at radius 3 is 2.35 bits per heavy atom. The zero-order valence-electron chi connectivity index (χ0n) is 13.2. The number of aliphatic hydroxyl groups excluding tert-OH is 1. The van der Waals surface area contributed by atoms with Crippen LogP contribution in [0.3, 0.4) is 0 Å². The number of hydrogen-bond donors (Lipinski definition) is 1. The molecule has 0 amide bonds. The topological polar surface area (TPSA) is 82.1 Å². The summed E-state index contributed by atoms with van der Waals surface area (Å²) in [6.07, 6.45) is 3.84. The van der Waals surface area contributed by atoms with Gasteiger partial charge in [0.25, 0.3) is 6.47 Å². The lowest BCUT2D eigenvalue weighted by atomic mass is 10.2. The molecule has 0 saturated carbocycles. The van der Waals surface area contributed by atoms with E-state index < -0.39 is 0 Å². The van der Waals surface area contributed by atoms with E-state index >= 15 is 0 Å². The number of aliphatic hydroxyl groups is 1. The van der Waals surface area contributed by atoms with E-state index in [4.69, 9.17) is 14.6 Å². The lowest BCUT2D eigenvalue weighted by molar-refractivity contribution is -0.128. The van der Waals surface area contributed by atoms with Crippen LogP contribution in [-0.4, -0.2) is 44.0 Å². The Kier molecular flexibility index (Phi) is 10.3. The molecule has 0 aliphatic rings. The number of unbranched alkanes of at least 4 members (excludes halogenated alkanes) is 3. The summed E-state index contributed by atoms with van der Waals surface area (Å²) in [7, 11) is 0. The van der Waals surface area contributed by atoms with Crippen molar-refractivity contribution in [3.05, 3.63) is 29.8 Å². The zero-order chi connectivity index (χ0) is 16.8. The molecule has 0 radical (unpaired) electrons. The number of ether oxygens (including phenoxy) is 3. The molecule has 1 rings (SSSR count). The molecule has 1 N–H and O–H groups in total. The minimum Gasteiger partial charge on any atom is -0.494 e. The molecule has 0 fully saturated rings. The maximum absolute atomic E-state index is 11.8. The SMILES string of the molecule is O=COCCCCCOC(=O)c1ccc(OCCCCO)cc1. The van der Waals surface area contributed by atoms with E-state index in [9.17, 15) is 9.59 Å². The molecule has 0 aliphatic heterocycles. The molecule has 0 aliphatic carbocycles. The monoisotopic (exact) mass is 324 g/mol. The van der Waals surface area contributed by atoms with Crippen LogP contribution < -0.4 is 4.74 Å². The molecule has 0 atom stereocenters. The van der Waals surface area contributed by atoms with Gasteiger partial charge < -0.3 is 19.3 Å². The van der Waals surface area contributed by atoms with Crippen molar-refractivity contribution in [2.75, 3.05) is 26.4 Å². The van der Waals surface area contributed by atoms with Crippen molar-refractivity contribution in [1.82, 2.24) is 0 Å².